The quantitative estimate of drug-likeness (QED) is 0.105. The molecule has 0 bridgehead atoms. The number of carbonyl (C=O) groups is 2. The lowest BCUT2D eigenvalue weighted by Gasteiger charge is -2.54. The molecule has 4 aliphatic heterocycles. The van der Waals surface area contributed by atoms with Gasteiger partial charge in [0.2, 0.25) is 5.91 Å². The minimum Gasteiger partial charge on any atom is -0.450 e. The number of aliphatic hydroxyl groups is 11. The highest BCUT2D eigenvalue weighted by molar-refractivity contribution is 5.80. The van der Waals surface area contributed by atoms with Gasteiger partial charge < -0.3 is 89.9 Å². The Kier molecular flexibility index (Phi) is 10.9. The highest BCUT2D eigenvalue weighted by Gasteiger charge is 2.65. The number of amides is 1. The fraction of sp³-hybridized carbons (Fsp3) is 0.913. The predicted octanol–water partition coefficient (Wildman–Crippen LogP) is -8.77. The summed E-state index contributed by atoms with van der Waals surface area (Å²) >= 11 is 0. The highest BCUT2D eigenvalue weighted by Crippen LogP contribution is 2.42. The summed E-state index contributed by atoms with van der Waals surface area (Å²) in [5.74, 6) is -5.02. The maximum atomic E-state index is 13.4. The van der Waals surface area contributed by atoms with Crippen LogP contribution in [0.4, 0.5) is 0 Å². The average Bonchev–Trinajstić information content (AvgIpc) is 2.99. The minimum absolute atomic E-state index is 0.793. The molecule has 20 heteroatoms. The number of carbonyl (C=O) groups excluding carboxylic acids is 2. The Labute approximate surface area is 242 Å². The smallest absolute Gasteiger partial charge is 0.367 e. The number of hydrogen-bond acceptors (Lipinski definition) is 19. The van der Waals surface area contributed by atoms with Crippen molar-refractivity contribution in [1.29, 1.82) is 0 Å². The van der Waals surface area contributed by atoms with Gasteiger partial charge in [0, 0.05) is 6.42 Å². The first-order valence-corrected chi connectivity index (χ1v) is 13.3. The van der Waals surface area contributed by atoms with Gasteiger partial charge in [-0.1, -0.05) is 0 Å². The Bertz CT molecular complexity index is 973. The Morgan fingerprint density at radius 1 is 0.930 bits per heavy atom. The van der Waals surface area contributed by atoms with Gasteiger partial charge in [-0.25, -0.2) is 4.79 Å². The summed E-state index contributed by atoms with van der Waals surface area (Å²) in [6, 6.07) is -1.55. The van der Waals surface area contributed by atoms with E-state index in [0.29, 0.717) is 0 Å². The Morgan fingerprint density at radius 3 is 2.21 bits per heavy atom. The molecule has 1 spiro atoms. The van der Waals surface area contributed by atoms with Crippen LogP contribution < -0.4 is 5.32 Å². The monoisotopic (exact) mass is 631 g/mol. The van der Waals surface area contributed by atoms with E-state index >= 15 is 0 Å². The van der Waals surface area contributed by atoms with Gasteiger partial charge >= 0.3 is 5.97 Å². The van der Waals surface area contributed by atoms with Crippen LogP contribution in [0.5, 0.6) is 0 Å². The number of ether oxygens (including phenoxy) is 6. The van der Waals surface area contributed by atoms with Crippen molar-refractivity contribution in [2.24, 2.45) is 0 Å². The number of rotatable bonds is 9. The molecule has 0 aromatic heterocycles. The number of hydrogen-bond donors (Lipinski definition) is 12. The molecule has 0 saturated carbocycles. The third kappa shape index (κ3) is 6.51. The third-order valence-electron chi connectivity index (χ3n) is 7.77. The molecule has 0 radical (unpaired) electrons. The van der Waals surface area contributed by atoms with Crippen molar-refractivity contribution in [2.75, 3.05) is 26.4 Å². The van der Waals surface area contributed by atoms with Crippen LogP contribution in [-0.2, 0) is 38.0 Å². The van der Waals surface area contributed by atoms with Crippen LogP contribution in [0.25, 0.3) is 0 Å². The molecule has 0 aliphatic carbocycles. The number of fused-ring (bicyclic) bond motifs is 1. The van der Waals surface area contributed by atoms with Gasteiger partial charge in [-0.05, 0) is 0 Å². The van der Waals surface area contributed by atoms with Crippen molar-refractivity contribution >= 4 is 11.9 Å². The van der Waals surface area contributed by atoms with Crippen LogP contribution in [0.1, 0.15) is 6.42 Å². The van der Waals surface area contributed by atoms with E-state index in [1.807, 2.05) is 0 Å². The molecular formula is C23H37NO19. The van der Waals surface area contributed by atoms with Crippen LogP contribution in [-0.4, -0.2) is 192 Å². The molecule has 43 heavy (non-hydrogen) atoms. The molecule has 4 rings (SSSR count). The van der Waals surface area contributed by atoms with Crippen molar-refractivity contribution in [3.8, 4) is 0 Å². The van der Waals surface area contributed by atoms with Crippen molar-refractivity contribution < 1.29 is 94.2 Å². The first kappa shape index (κ1) is 34.2. The van der Waals surface area contributed by atoms with E-state index in [1.54, 1.807) is 0 Å². The predicted molar refractivity (Wildman–Crippen MR) is 128 cm³/mol. The Morgan fingerprint density at radius 2 is 1.60 bits per heavy atom. The van der Waals surface area contributed by atoms with Crippen LogP contribution in [0.15, 0.2) is 0 Å². The van der Waals surface area contributed by atoms with Crippen molar-refractivity contribution in [3.63, 3.8) is 0 Å². The van der Waals surface area contributed by atoms with Crippen LogP contribution in [0, 0.1) is 0 Å². The summed E-state index contributed by atoms with van der Waals surface area (Å²) in [4.78, 5) is 25.3. The molecule has 0 aromatic carbocycles. The molecule has 4 fully saturated rings. The lowest BCUT2D eigenvalue weighted by Crippen LogP contribution is -2.74. The van der Waals surface area contributed by atoms with E-state index in [2.05, 4.69) is 5.32 Å². The molecule has 248 valence electrons. The van der Waals surface area contributed by atoms with Gasteiger partial charge in [0.1, 0.15) is 67.6 Å². The van der Waals surface area contributed by atoms with Gasteiger partial charge in [0.25, 0.3) is 5.79 Å². The van der Waals surface area contributed by atoms with E-state index < -0.39 is 142 Å². The fourth-order valence-electron chi connectivity index (χ4n) is 5.47. The normalized spacial score (nSPS) is 46.5. The molecule has 4 saturated heterocycles. The largest absolute Gasteiger partial charge is 0.450 e. The minimum atomic E-state index is -2.62. The van der Waals surface area contributed by atoms with E-state index in [0.717, 1.165) is 0 Å². The molecule has 4 aliphatic rings. The summed E-state index contributed by atoms with van der Waals surface area (Å²) < 4.78 is 33.2. The molecule has 16 atom stereocenters. The topological polar surface area (TPSA) is 324 Å². The van der Waals surface area contributed by atoms with Crippen LogP contribution in [0.2, 0.25) is 0 Å². The van der Waals surface area contributed by atoms with E-state index in [-0.39, 0.29) is 0 Å². The van der Waals surface area contributed by atoms with Gasteiger partial charge in [-0.2, -0.15) is 0 Å². The Balaban J connectivity index is 1.63. The SMILES string of the molecule is O=C(CO)N[C@H]1[C@H]([C@H](O)[C@H](O)CO)O[C@@]2(C[C@@H]1O)O[C@H]1[C@@H](O)[C@@H](CO)O[C@@H](O[C@H]3[C@H](O)[C@@H](O)C(O)O[C@@H]3CO)[C@@H]1OC2=O. The summed E-state index contributed by atoms with van der Waals surface area (Å²) in [6.45, 7) is -3.72. The third-order valence-corrected chi connectivity index (χ3v) is 7.77. The zero-order valence-corrected chi connectivity index (χ0v) is 22.4. The summed E-state index contributed by atoms with van der Waals surface area (Å²) in [6.07, 6.45) is -25.5. The maximum absolute atomic E-state index is 13.4. The van der Waals surface area contributed by atoms with Crippen molar-refractivity contribution in [2.45, 2.75) is 104 Å². The van der Waals surface area contributed by atoms with Crippen LogP contribution >= 0.6 is 0 Å². The molecule has 12 N–H and O–H groups in total. The Hall–Kier alpha value is -1.70. The van der Waals surface area contributed by atoms with Gasteiger partial charge in [-0.15, -0.1) is 0 Å². The van der Waals surface area contributed by atoms with E-state index in [9.17, 15) is 60.7 Å². The molecule has 1 unspecified atom stereocenters. The second-order valence-electron chi connectivity index (χ2n) is 10.6. The fourth-order valence-corrected chi connectivity index (χ4v) is 5.47. The molecule has 20 nitrogen and oxygen atoms in total. The van der Waals surface area contributed by atoms with Gasteiger partial charge in [0.15, 0.2) is 18.7 Å². The number of nitrogens with one attached hydrogen (secondary N) is 1. The van der Waals surface area contributed by atoms with Crippen molar-refractivity contribution in [1.82, 2.24) is 5.32 Å². The summed E-state index contributed by atoms with van der Waals surface area (Å²) in [5.41, 5.74) is 0. The first-order chi connectivity index (χ1) is 20.3. The van der Waals surface area contributed by atoms with E-state index in [4.69, 9.17) is 33.5 Å². The second kappa shape index (κ2) is 13.7. The molecular weight excluding hydrogens is 594 g/mol. The zero-order chi connectivity index (χ0) is 31.8. The van der Waals surface area contributed by atoms with E-state index in [1.165, 1.54) is 0 Å². The highest BCUT2D eigenvalue weighted by atomic mass is 16.8. The molecule has 0 aromatic rings. The lowest BCUT2D eigenvalue weighted by molar-refractivity contribution is -0.407. The summed E-state index contributed by atoms with van der Waals surface area (Å²) in [7, 11) is 0. The number of esters is 1. The average molecular weight is 632 g/mol. The number of aliphatic hydroxyl groups excluding tert-OH is 11. The maximum Gasteiger partial charge on any atom is 0.367 e. The van der Waals surface area contributed by atoms with Crippen molar-refractivity contribution in [3.05, 3.63) is 0 Å². The second-order valence-corrected chi connectivity index (χ2v) is 10.6. The zero-order valence-electron chi connectivity index (χ0n) is 22.4. The van der Waals surface area contributed by atoms with Gasteiger partial charge in [0.05, 0.1) is 32.0 Å². The van der Waals surface area contributed by atoms with Gasteiger partial charge in [-0.3, -0.25) is 4.79 Å². The first-order valence-electron chi connectivity index (χ1n) is 13.3. The lowest BCUT2D eigenvalue weighted by atomic mass is 9.87. The summed E-state index contributed by atoms with van der Waals surface area (Å²) in [5, 5.41) is 113. The molecule has 1 amide bonds. The standard InChI is InChI=1S/C23H37NO19/c25-2-7(30)12(32)17-11(24-10(31)5-28)6(29)1-23(42-17)22(37)41-19-18(43-23)13(33)8(3-26)39-21(19)40-16-9(4-27)38-20(36)15(35)14(16)34/h6-9,11-21,25-30,32-36H,1-5H2,(H,24,31)/t6-,7+,8+,9+,11+,12+,13-,14+,15+,16+,17+,18-,19+,20?,21-,23-/m0/s1. The molecule has 4 heterocycles. The van der Waals surface area contributed by atoms with Crippen LogP contribution in [0.3, 0.4) is 0 Å².